The second-order valence-electron chi connectivity index (χ2n) is 8.84. The van der Waals surface area contributed by atoms with E-state index in [1.807, 2.05) is 60.7 Å². The normalized spacial score (nSPS) is 11.3. The highest BCUT2D eigenvalue weighted by Gasteiger charge is 2.23. The molecule has 1 aromatic heterocycles. The summed E-state index contributed by atoms with van der Waals surface area (Å²) in [6.07, 6.45) is 3.24. The Kier molecular flexibility index (Phi) is 7.75. The van der Waals surface area contributed by atoms with Gasteiger partial charge in [0.25, 0.3) is 15.7 Å². The van der Waals surface area contributed by atoms with E-state index >= 15 is 0 Å². The number of aromatic carboxylic acids is 1. The van der Waals surface area contributed by atoms with Crippen LogP contribution in [0.4, 0.5) is 17.1 Å². The molecule has 0 fully saturated rings. The van der Waals surface area contributed by atoms with E-state index in [1.54, 1.807) is 10.9 Å². The molecule has 0 aliphatic rings. The summed E-state index contributed by atoms with van der Waals surface area (Å²) in [6, 6.07) is 27.6. The summed E-state index contributed by atoms with van der Waals surface area (Å²) in [5.41, 5.74) is 4.49. The number of hydrogen-bond donors (Lipinski definition) is 3. The van der Waals surface area contributed by atoms with Gasteiger partial charge in [0.1, 0.15) is 11.4 Å². The number of carboxylic acids is 1. The first kappa shape index (κ1) is 27.7. The lowest BCUT2D eigenvalue weighted by atomic mass is 10.1. The summed E-state index contributed by atoms with van der Waals surface area (Å²) >= 11 is 0. The highest BCUT2D eigenvalue weighted by Crippen LogP contribution is 2.29. The number of anilines is 2. The lowest BCUT2D eigenvalue weighted by molar-refractivity contribution is -0.384. The molecule has 42 heavy (non-hydrogen) atoms. The van der Waals surface area contributed by atoms with E-state index < -0.39 is 31.5 Å². The fourth-order valence-electron chi connectivity index (χ4n) is 4.07. The molecule has 0 saturated carbocycles. The summed E-state index contributed by atoms with van der Waals surface area (Å²) in [5, 5.41) is 30.1. The maximum absolute atomic E-state index is 13.0. The Bertz CT molecular complexity index is 1910. The predicted octanol–water partition coefficient (Wildman–Crippen LogP) is 5.39. The number of nitro groups is 1. The first-order valence-electron chi connectivity index (χ1n) is 12.4. The van der Waals surface area contributed by atoms with Crippen molar-refractivity contribution >= 4 is 39.3 Å². The fraction of sp³-hybridized carbons (Fsp3) is 0. The van der Waals surface area contributed by atoms with E-state index in [9.17, 15) is 28.4 Å². The minimum absolute atomic E-state index is 0.0575. The first-order chi connectivity index (χ1) is 20.2. The molecular weight excluding hydrogens is 560 g/mol. The number of carboxylic acid groups (broad SMARTS) is 1. The molecule has 1 heterocycles. The lowest BCUT2D eigenvalue weighted by Gasteiger charge is -2.11. The maximum atomic E-state index is 13.0. The number of nitrogens with one attached hydrogen (secondary N) is 2. The van der Waals surface area contributed by atoms with Gasteiger partial charge in [-0.3, -0.25) is 20.3 Å². The third-order valence-electron chi connectivity index (χ3n) is 6.08. The Morgan fingerprint density at radius 2 is 1.60 bits per heavy atom. The van der Waals surface area contributed by atoms with E-state index in [0.29, 0.717) is 11.3 Å². The van der Waals surface area contributed by atoms with E-state index in [4.69, 9.17) is 5.10 Å². The molecule has 12 nitrogen and oxygen atoms in total. The number of nitro benzene ring substituents is 1. The fourth-order valence-corrected chi connectivity index (χ4v) is 5.17. The van der Waals surface area contributed by atoms with Crippen LogP contribution < -0.4 is 10.1 Å². The number of rotatable bonds is 10. The van der Waals surface area contributed by atoms with E-state index in [0.717, 1.165) is 23.4 Å². The van der Waals surface area contributed by atoms with Gasteiger partial charge in [-0.15, -0.1) is 0 Å². The van der Waals surface area contributed by atoms with Gasteiger partial charge in [-0.25, -0.2) is 17.9 Å². The van der Waals surface area contributed by atoms with Crippen LogP contribution in [-0.4, -0.2) is 40.4 Å². The number of hydrogen-bond acceptors (Lipinski definition) is 8. The van der Waals surface area contributed by atoms with Crippen LogP contribution in [0.2, 0.25) is 0 Å². The van der Waals surface area contributed by atoms with Crippen molar-refractivity contribution in [3.8, 4) is 16.9 Å². The summed E-state index contributed by atoms with van der Waals surface area (Å²) < 4.78 is 29.8. The number of nitrogens with zero attached hydrogens (tertiary/aromatic N) is 4. The molecule has 210 valence electrons. The Morgan fingerprint density at radius 3 is 2.29 bits per heavy atom. The van der Waals surface area contributed by atoms with Crippen molar-refractivity contribution < 1.29 is 23.2 Å². The van der Waals surface area contributed by atoms with Gasteiger partial charge in [0.2, 0.25) is 0 Å². The molecule has 3 N–H and O–H groups in total. The third kappa shape index (κ3) is 6.00. The average molecular weight is 583 g/mol. The van der Waals surface area contributed by atoms with E-state index in [1.165, 1.54) is 36.5 Å². The minimum Gasteiger partial charge on any atom is -0.478 e. The minimum atomic E-state index is -4.36. The monoisotopic (exact) mass is 582 g/mol. The molecule has 0 unspecified atom stereocenters. The number of para-hydroxylation sites is 2. The van der Waals surface area contributed by atoms with Gasteiger partial charge < -0.3 is 5.11 Å². The topological polar surface area (TPSA) is 169 Å². The molecule has 0 saturated heterocycles. The van der Waals surface area contributed by atoms with Crippen LogP contribution in [0.3, 0.4) is 0 Å². The summed E-state index contributed by atoms with van der Waals surface area (Å²) in [5.74, 6) is -1.33. The van der Waals surface area contributed by atoms with Crippen LogP contribution in [0, 0.1) is 10.1 Å². The van der Waals surface area contributed by atoms with Crippen LogP contribution >= 0.6 is 0 Å². The Hall–Kier alpha value is -5.82. The number of sulfonamides is 1. The van der Waals surface area contributed by atoms with Crippen LogP contribution in [0.15, 0.2) is 119 Å². The zero-order valence-electron chi connectivity index (χ0n) is 21.7. The molecule has 0 amide bonds. The molecule has 5 rings (SSSR count). The highest BCUT2D eigenvalue weighted by atomic mass is 32.2. The van der Waals surface area contributed by atoms with Crippen molar-refractivity contribution in [2.75, 3.05) is 10.1 Å². The van der Waals surface area contributed by atoms with E-state index in [2.05, 4.69) is 15.2 Å². The van der Waals surface area contributed by atoms with Crippen molar-refractivity contribution in [3.05, 3.63) is 131 Å². The van der Waals surface area contributed by atoms with Gasteiger partial charge in [-0.2, -0.15) is 10.2 Å². The van der Waals surface area contributed by atoms with Crippen molar-refractivity contribution in [2.45, 2.75) is 4.90 Å². The van der Waals surface area contributed by atoms with Gasteiger partial charge in [0.15, 0.2) is 0 Å². The Labute approximate surface area is 239 Å². The molecule has 0 spiro atoms. The quantitative estimate of drug-likeness (QED) is 0.112. The second kappa shape index (κ2) is 11.7. The number of carbonyl (C=O) groups is 1. The number of aromatic nitrogens is 2. The molecule has 0 radical (unpaired) electrons. The number of benzene rings is 4. The molecule has 5 aromatic rings. The van der Waals surface area contributed by atoms with Crippen LogP contribution in [0.1, 0.15) is 15.9 Å². The van der Waals surface area contributed by atoms with Crippen molar-refractivity contribution in [2.24, 2.45) is 5.10 Å². The molecule has 0 bridgehead atoms. The van der Waals surface area contributed by atoms with Crippen LogP contribution in [0.5, 0.6) is 0 Å². The van der Waals surface area contributed by atoms with Gasteiger partial charge in [-0.1, -0.05) is 60.7 Å². The third-order valence-corrected chi connectivity index (χ3v) is 7.44. The average Bonchev–Trinajstić information content (AvgIpc) is 3.42. The van der Waals surface area contributed by atoms with Crippen LogP contribution in [0.25, 0.3) is 16.9 Å². The second-order valence-corrected chi connectivity index (χ2v) is 10.5. The molecular formula is C29H22N6O6S. The molecule has 0 aliphatic heterocycles. The predicted molar refractivity (Wildman–Crippen MR) is 158 cm³/mol. The number of hydrazone groups is 1. The zero-order chi connectivity index (χ0) is 29.7. The molecule has 4 aromatic carbocycles. The van der Waals surface area contributed by atoms with Gasteiger partial charge in [0, 0.05) is 23.4 Å². The van der Waals surface area contributed by atoms with Gasteiger partial charge >= 0.3 is 5.97 Å². The smallest absolute Gasteiger partial charge is 0.337 e. The highest BCUT2D eigenvalue weighted by molar-refractivity contribution is 7.92. The van der Waals surface area contributed by atoms with Gasteiger partial charge in [0.05, 0.1) is 33.0 Å². The molecule has 13 heteroatoms. The van der Waals surface area contributed by atoms with Crippen LogP contribution in [-0.2, 0) is 10.0 Å². The van der Waals surface area contributed by atoms with Crippen molar-refractivity contribution in [3.63, 3.8) is 0 Å². The Balaban J connectivity index is 1.43. The standard InChI is InChI=1S/C29H22N6O6S/c36-29(37)24-13-7-8-14-25(24)33-42(40,41)23-15-16-26(27(17-23)35(38)39)31-30-18-21-19-34(22-11-5-2-6-12-22)32-28(21)20-9-3-1-4-10-20/h1-19,31,33H,(H,36,37)/b30-18-. The van der Waals surface area contributed by atoms with E-state index in [-0.39, 0.29) is 16.9 Å². The largest absolute Gasteiger partial charge is 0.478 e. The molecule has 0 aliphatic carbocycles. The SMILES string of the molecule is O=C(O)c1ccccc1NS(=O)(=O)c1ccc(N/N=C\c2cn(-c3ccccc3)nc2-c2ccccc2)c([N+](=O)[O-])c1. The summed E-state index contributed by atoms with van der Waals surface area (Å²) in [7, 11) is -4.36. The van der Waals surface area contributed by atoms with Crippen molar-refractivity contribution in [1.82, 2.24) is 9.78 Å². The lowest BCUT2D eigenvalue weighted by Crippen LogP contribution is -2.16. The Morgan fingerprint density at radius 1 is 0.929 bits per heavy atom. The first-order valence-corrected chi connectivity index (χ1v) is 13.8. The molecule has 0 atom stereocenters. The zero-order valence-corrected chi connectivity index (χ0v) is 22.5. The maximum Gasteiger partial charge on any atom is 0.337 e. The summed E-state index contributed by atoms with van der Waals surface area (Å²) in [6.45, 7) is 0. The summed E-state index contributed by atoms with van der Waals surface area (Å²) in [4.78, 5) is 22.1. The van der Waals surface area contributed by atoms with Crippen molar-refractivity contribution in [1.29, 1.82) is 0 Å². The van der Waals surface area contributed by atoms with Gasteiger partial charge in [-0.05, 0) is 36.4 Å².